The van der Waals surface area contributed by atoms with Crippen molar-refractivity contribution >= 4 is 27.5 Å². The van der Waals surface area contributed by atoms with Crippen LogP contribution < -0.4 is 5.56 Å². The maximum Gasteiger partial charge on any atom is 0.371 e. The number of hydrogen-bond acceptors (Lipinski definition) is 5. The van der Waals surface area contributed by atoms with E-state index in [4.69, 9.17) is 9.52 Å². The van der Waals surface area contributed by atoms with Crippen LogP contribution in [0.15, 0.2) is 27.7 Å². The largest absolute Gasteiger partial charge is 0.475 e. The second-order valence-corrected chi connectivity index (χ2v) is 6.37. The van der Waals surface area contributed by atoms with E-state index in [0.29, 0.717) is 11.1 Å². The third kappa shape index (κ3) is 1.97. The molecule has 112 valence electrons. The van der Waals surface area contributed by atoms with Gasteiger partial charge in [0.15, 0.2) is 0 Å². The number of rotatable bonds is 3. The summed E-state index contributed by atoms with van der Waals surface area (Å²) in [5, 5.41) is 9.58. The second kappa shape index (κ2) is 4.81. The van der Waals surface area contributed by atoms with Crippen molar-refractivity contribution in [3.63, 3.8) is 0 Å². The fourth-order valence-electron chi connectivity index (χ4n) is 2.88. The summed E-state index contributed by atoms with van der Waals surface area (Å²) in [6.45, 7) is 0.180. The summed E-state index contributed by atoms with van der Waals surface area (Å²) in [6, 6.07) is 2.95. The molecule has 1 aliphatic rings. The predicted octanol–water partition coefficient (Wildman–Crippen LogP) is 2.29. The Kier molecular flexibility index (Phi) is 2.90. The van der Waals surface area contributed by atoms with Crippen molar-refractivity contribution in [3.8, 4) is 0 Å². The van der Waals surface area contributed by atoms with Crippen LogP contribution in [-0.2, 0) is 19.4 Å². The van der Waals surface area contributed by atoms with Gasteiger partial charge in [-0.3, -0.25) is 9.36 Å². The third-order valence-corrected chi connectivity index (χ3v) is 5.09. The Bertz CT molecular complexity index is 950. The highest BCUT2D eigenvalue weighted by Gasteiger charge is 2.21. The van der Waals surface area contributed by atoms with E-state index >= 15 is 0 Å². The average molecular weight is 316 g/mol. The summed E-state index contributed by atoms with van der Waals surface area (Å²) in [5.41, 5.74) is 1.05. The van der Waals surface area contributed by atoms with Crippen molar-refractivity contribution in [1.82, 2.24) is 9.55 Å². The van der Waals surface area contributed by atoms with Crippen LogP contribution in [0.1, 0.15) is 33.2 Å². The molecular formula is C15H12N2O4S. The molecule has 0 aromatic carbocycles. The van der Waals surface area contributed by atoms with Crippen LogP contribution in [0.5, 0.6) is 0 Å². The molecule has 0 aliphatic heterocycles. The lowest BCUT2D eigenvalue weighted by Crippen LogP contribution is -2.21. The molecule has 22 heavy (non-hydrogen) atoms. The van der Waals surface area contributed by atoms with E-state index < -0.39 is 5.97 Å². The highest BCUT2D eigenvalue weighted by Crippen LogP contribution is 2.34. The second-order valence-electron chi connectivity index (χ2n) is 5.29. The van der Waals surface area contributed by atoms with Crippen molar-refractivity contribution < 1.29 is 14.3 Å². The molecule has 3 heterocycles. The van der Waals surface area contributed by atoms with Crippen molar-refractivity contribution in [1.29, 1.82) is 0 Å². The molecule has 0 bridgehead atoms. The molecule has 0 unspecified atom stereocenters. The average Bonchev–Trinajstić information content (AvgIpc) is 3.16. The van der Waals surface area contributed by atoms with Crippen LogP contribution in [0.3, 0.4) is 0 Å². The maximum atomic E-state index is 12.7. The summed E-state index contributed by atoms with van der Waals surface area (Å²) < 4.78 is 6.68. The standard InChI is InChI=1S/C15H12N2O4S/c18-14-12-9-2-1-3-11(9)22-13(12)16-7-17(14)6-8-4-5-10(21-8)15(19)20/h4-5,7H,1-3,6H2,(H,19,20). The fraction of sp³-hybridized carbons (Fsp3) is 0.267. The van der Waals surface area contributed by atoms with Gasteiger partial charge in [0.1, 0.15) is 10.6 Å². The zero-order valence-corrected chi connectivity index (χ0v) is 12.4. The first kappa shape index (κ1) is 13.3. The van der Waals surface area contributed by atoms with Crippen molar-refractivity contribution in [2.24, 2.45) is 0 Å². The summed E-state index contributed by atoms with van der Waals surface area (Å²) >= 11 is 1.60. The van der Waals surface area contributed by atoms with Crippen LogP contribution in [0.25, 0.3) is 10.2 Å². The van der Waals surface area contributed by atoms with Gasteiger partial charge >= 0.3 is 5.97 Å². The van der Waals surface area contributed by atoms with Crippen LogP contribution >= 0.6 is 11.3 Å². The van der Waals surface area contributed by atoms with Gasteiger partial charge in [0.05, 0.1) is 18.3 Å². The van der Waals surface area contributed by atoms with E-state index in [-0.39, 0.29) is 17.9 Å². The highest BCUT2D eigenvalue weighted by atomic mass is 32.1. The molecular weight excluding hydrogens is 304 g/mol. The van der Waals surface area contributed by atoms with Crippen molar-refractivity contribution in [2.75, 3.05) is 0 Å². The molecule has 3 aromatic heterocycles. The Labute approximate surface area is 128 Å². The minimum absolute atomic E-state index is 0.0855. The summed E-state index contributed by atoms with van der Waals surface area (Å²) in [6.07, 6.45) is 4.54. The van der Waals surface area contributed by atoms with Gasteiger partial charge in [-0.2, -0.15) is 0 Å². The molecule has 0 atom stereocenters. The summed E-state index contributed by atoms with van der Waals surface area (Å²) in [7, 11) is 0. The van der Waals surface area contributed by atoms with Crippen LogP contribution in [0, 0.1) is 0 Å². The molecule has 1 N–H and O–H groups in total. The van der Waals surface area contributed by atoms with Gasteiger partial charge < -0.3 is 9.52 Å². The maximum absolute atomic E-state index is 12.7. The Morgan fingerprint density at radius 2 is 2.27 bits per heavy atom. The number of fused-ring (bicyclic) bond motifs is 3. The molecule has 4 rings (SSSR count). The summed E-state index contributed by atoms with van der Waals surface area (Å²) in [4.78, 5) is 29.9. The number of hydrogen-bond donors (Lipinski definition) is 1. The van der Waals surface area contributed by atoms with E-state index in [0.717, 1.165) is 29.7 Å². The van der Waals surface area contributed by atoms with Gasteiger partial charge in [0, 0.05) is 4.88 Å². The molecule has 3 aromatic rings. The van der Waals surface area contributed by atoms with Gasteiger partial charge in [-0.25, -0.2) is 9.78 Å². The van der Waals surface area contributed by atoms with E-state index in [1.54, 1.807) is 17.4 Å². The Balaban J connectivity index is 1.77. The van der Waals surface area contributed by atoms with E-state index in [2.05, 4.69) is 4.98 Å². The highest BCUT2D eigenvalue weighted by molar-refractivity contribution is 7.18. The van der Waals surface area contributed by atoms with Crippen LogP contribution in [0.4, 0.5) is 0 Å². The number of aromatic carboxylic acids is 1. The van der Waals surface area contributed by atoms with E-state index in [9.17, 15) is 9.59 Å². The van der Waals surface area contributed by atoms with Crippen LogP contribution in [0.2, 0.25) is 0 Å². The van der Waals surface area contributed by atoms with Gasteiger partial charge in [0.25, 0.3) is 5.56 Å². The molecule has 6 nitrogen and oxygen atoms in total. The molecule has 0 fully saturated rings. The first-order valence-corrected chi connectivity index (χ1v) is 7.77. The SMILES string of the molecule is O=C(O)c1ccc(Cn2cnc3sc4c(c3c2=O)CCC4)o1. The lowest BCUT2D eigenvalue weighted by Gasteiger charge is -2.03. The van der Waals surface area contributed by atoms with E-state index in [1.807, 2.05) is 0 Å². The first-order chi connectivity index (χ1) is 10.6. The zero-order chi connectivity index (χ0) is 15.3. The first-order valence-electron chi connectivity index (χ1n) is 6.95. The molecule has 7 heteroatoms. The van der Waals surface area contributed by atoms with Crippen molar-refractivity contribution in [2.45, 2.75) is 25.8 Å². The predicted molar refractivity (Wildman–Crippen MR) is 80.7 cm³/mol. The summed E-state index contributed by atoms with van der Waals surface area (Å²) in [5.74, 6) is -0.830. The van der Waals surface area contributed by atoms with Gasteiger partial charge in [-0.05, 0) is 37.0 Å². The molecule has 0 radical (unpaired) electrons. The number of carboxylic acid groups (broad SMARTS) is 1. The number of nitrogens with zero attached hydrogens (tertiary/aromatic N) is 2. The normalized spacial score (nSPS) is 13.6. The van der Waals surface area contributed by atoms with Gasteiger partial charge in [-0.15, -0.1) is 11.3 Å². The number of carboxylic acids is 1. The quantitative estimate of drug-likeness (QED) is 0.801. The molecule has 0 saturated heterocycles. The Hall–Kier alpha value is -2.41. The lowest BCUT2D eigenvalue weighted by atomic mass is 10.2. The number of aromatic nitrogens is 2. The number of aryl methyl sites for hydroxylation is 2. The van der Waals surface area contributed by atoms with Gasteiger partial charge in [0.2, 0.25) is 5.76 Å². The Morgan fingerprint density at radius 3 is 3.05 bits per heavy atom. The zero-order valence-electron chi connectivity index (χ0n) is 11.5. The minimum atomic E-state index is -1.12. The molecule has 0 spiro atoms. The van der Waals surface area contributed by atoms with E-state index in [1.165, 1.54) is 21.8 Å². The lowest BCUT2D eigenvalue weighted by molar-refractivity contribution is 0.0660. The van der Waals surface area contributed by atoms with Crippen molar-refractivity contribution in [3.05, 3.63) is 50.8 Å². The molecule has 0 amide bonds. The smallest absolute Gasteiger partial charge is 0.371 e. The van der Waals surface area contributed by atoms with Crippen LogP contribution in [-0.4, -0.2) is 20.6 Å². The fourth-order valence-corrected chi connectivity index (χ4v) is 4.10. The Morgan fingerprint density at radius 1 is 1.41 bits per heavy atom. The molecule has 1 aliphatic carbocycles. The number of thiophene rings is 1. The molecule has 0 saturated carbocycles. The number of furan rings is 1. The topological polar surface area (TPSA) is 85.3 Å². The number of carbonyl (C=O) groups is 1. The monoisotopic (exact) mass is 316 g/mol. The minimum Gasteiger partial charge on any atom is -0.475 e. The van der Waals surface area contributed by atoms with Gasteiger partial charge in [-0.1, -0.05) is 0 Å². The third-order valence-electron chi connectivity index (χ3n) is 3.89.